The van der Waals surface area contributed by atoms with Crippen LogP contribution in [-0.4, -0.2) is 11.9 Å². The first-order chi connectivity index (χ1) is 9.06. The molecule has 1 aromatic carbocycles. The standard InChI is InChI=1S/C13H9BrO4S/c1-8-5-9(7-10(14)6-8)12(15)17-18-13(16)11-3-2-4-19-11/h2-7H,1H3. The Kier molecular flexibility index (Phi) is 4.34. The van der Waals surface area contributed by atoms with Crippen molar-refractivity contribution in [1.82, 2.24) is 0 Å². The maximum atomic E-state index is 11.7. The third kappa shape index (κ3) is 3.65. The van der Waals surface area contributed by atoms with Gasteiger partial charge in [0, 0.05) is 4.47 Å². The van der Waals surface area contributed by atoms with E-state index < -0.39 is 11.9 Å². The number of rotatable bonds is 2. The molecule has 2 rings (SSSR count). The molecule has 0 bridgehead atoms. The summed E-state index contributed by atoms with van der Waals surface area (Å²) < 4.78 is 0.754. The van der Waals surface area contributed by atoms with Crippen LogP contribution in [0, 0.1) is 6.92 Å². The largest absolute Gasteiger partial charge is 0.396 e. The van der Waals surface area contributed by atoms with E-state index in [9.17, 15) is 9.59 Å². The minimum Gasteiger partial charge on any atom is -0.242 e. The van der Waals surface area contributed by atoms with E-state index in [0.717, 1.165) is 10.0 Å². The summed E-state index contributed by atoms with van der Waals surface area (Å²) in [7, 11) is 0. The first-order valence-corrected chi connectivity index (χ1v) is 6.97. The van der Waals surface area contributed by atoms with Crippen LogP contribution in [0.1, 0.15) is 25.6 Å². The second kappa shape index (κ2) is 5.99. The molecule has 98 valence electrons. The Morgan fingerprint density at radius 2 is 1.89 bits per heavy atom. The van der Waals surface area contributed by atoms with Crippen LogP contribution in [0.3, 0.4) is 0 Å². The van der Waals surface area contributed by atoms with Crippen molar-refractivity contribution in [3.05, 3.63) is 56.2 Å². The van der Waals surface area contributed by atoms with E-state index >= 15 is 0 Å². The predicted molar refractivity (Wildman–Crippen MR) is 74.0 cm³/mol. The van der Waals surface area contributed by atoms with Gasteiger partial charge in [-0.2, -0.15) is 0 Å². The van der Waals surface area contributed by atoms with Crippen molar-refractivity contribution in [2.75, 3.05) is 0 Å². The minimum atomic E-state index is -0.714. The molecule has 4 nitrogen and oxygen atoms in total. The number of hydrogen-bond acceptors (Lipinski definition) is 5. The summed E-state index contributed by atoms with van der Waals surface area (Å²) in [6.07, 6.45) is 0. The van der Waals surface area contributed by atoms with Crippen molar-refractivity contribution in [3.8, 4) is 0 Å². The molecular weight excluding hydrogens is 332 g/mol. The van der Waals surface area contributed by atoms with Crippen LogP contribution < -0.4 is 0 Å². The quantitative estimate of drug-likeness (QED) is 0.617. The highest BCUT2D eigenvalue weighted by Gasteiger charge is 2.15. The normalized spacial score (nSPS) is 10.0. The first-order valence-electron chi connectivity index (χ1n) is 5.30. The molecule has 0 aliphatic heterocycles. The number of hydrogen-bond donors (Lipinski definition) is 0. The molecule has 2 aromatic rings. The zero-order valence-electron chi connectivity index (χ0n) is 9.88. The first kappa shape index (κ1) is 13.8. The highest BCUT2D eigenvalue weighted by atomic mass is 79.9. The average Bonchev–Trinajstić information content (AvgIpc) is 2.88. The second-order valence-corrected chi connectivity index (χ2v) is 5.60. The molecule has 0 radical (unpaired) electrons. The summed E-state index contributed by atoms with van der Waals surface area (Å²) in [5.74, 6) is -1.40. The Bertz CT molecular complexity index is 587. The van der Waals surface area contributed by atoms with Gasteiger partial charge in [-0.3, -0.25) is 0 Å². The van der Waals surface area contributed by atoms with Crippen LogP contribution in [0.2, 0.25) is 0 Å². The molecule has 19 heavy (non-hydrogen) atoms. The van der Waals surface area contributed by atoms with E-state index in [1.54, 1.807) is 29.6 Å². The van der Waals surface area contributed by atoms with E-state index in [4.69, 9.17) is 0 Å². The van der Waals surface area contributed by atoms with Crippen molar-refractivity contribution >= 4 is 39.2 Å². The van der Waals surface area contributed by atoms with Gasteiger partial charge in [-0.15, -0.1) is 11.3 Å². The third-order valence-corrected chi connectivity index (χ3v) is 3.50. The van der Waals surface area contributed by atoms with Gasteiger partial charge < -0.3 is 0 Å². The Morgan fingerprint density at radius 3 is 2.53 bits per heavy atom. The van der Waals surface area contributed by atoms with Crippen LogP contribution in [0.4, 0.5) is 0 Å². The number of carbonyl (C=O) groups is 2. The lowest BCUT2D eigenvalue weighted by molar-refractivity contribution is -0.187. The number of benzene rings is 1. The molecule has 0 atom stereocenters. The molecule has 0 N–H and O–H groups in total. The van der Waals surface area contributed by atoms with E-state index in [1.807, 2.05) is 13.0 Å². The predicted octanol–water partition coefficient (Wildman–Crippen LogP) is 3.75. The van der Waals surface area contributed by atoms with Gasteiger partial charge in [0.1, 0.15) is 4.88 Å². The molecule has 0 aliphatic rings. The monoisotopic (exact) mass is 340 g/mol. The van der Waals surface area contributed by atoms with Gasteiger partial charge in [0.25, 0.3) is 0 Å². The van der Waals surface area contributed by atoms with Gasteiger partial charge in [0.15, 0.2) is 0 Å². The van der Waals surface area contributed by atoms with Crippen LogP contribution in [0.5, 0.6) is 0 Å². The summed E-state index contributed by atoms with van der Waals surface area (Å²) in [4.78, 5) is 32.6. The van der Waals surface area contributed by atoms with Crippen molar-refractivity contribution in [1.29, 1.82) is 0 Å². The maximum absolute atomic E-state index is 11.7. The summed E-state index contributed by atoms with van der Waals surface area (Å²) in [6, 6.07) is 8.39. The van der Waals surface area contributed by atoms with Gasteiger partial charge in [0.05, 0.1) is 5.56 Å². The second-order valence-electron chi connectivity index (χ2n) is 3.74. The van der Waals surface area contributed by atoms with E-state index in [0.29, 0.717) is 10.4 Å². The average molecular weight is 341 g/mol. The van der Waals surface area contributed by atoms with Gasteiger partial charge in [-0.05, 0) is 42.1 Å². The highest BCUT2D eigenvalue weighted by molar-refractivity contribution is 9.10. The Morgan fingerprint density at radius 1 is 1.16 bits per heavy atom. The van der Waals surface area contributed by atoms with Gasteiger partial charge in [-0.1, -0.05) is 22.0 Å². The highest BCUT2D eigenvalue weighted by Crippen LogP contribution is 2.16. The summed E-state index contributed by atoms with van der Waals surface area (Å²) in [5.41, 5.74) is 1.21. The van der Waals surface area contributed by atoms with E-state index in [-0.39, 0.29) is 0 Å². The van der Waals surface area contributed by atoms with Crippen LogP contribution >= 0.6 is 27.3 Å². The fourth-order valence-corrected chi connectivity index (χ4v) is 2.61. The lowest BCUT2D eigenvalue weighted by atomic mass is 10.1. The van der Waals surface area contributed by atoms with E-state index in [1.165, 1.54) is 11.3 Å². The number of halogens is 1. The number of aryl methyl sites for hydroxylation is 1. The topological polar surface area (TPSA) is 52.6 Å². The molecule has 0 fully saturated rings. The number of carbonyl (C=O) groups excluding carboxylic acids is 2. The smallest absolute Gasteiger partial charge is 0.242 e. The molecule has 0 amide bonds. The zero-order chi connectivity index (χ0) is 13.8. The summed E-state index contributed by atoms with van der Waals surface area (Å²) in [5, 5.41) is 1.73. The van der Waals surface area contributed by atoms with Crippen LogP contribution in [0.15, 0.2) is 40.2 Å². The Labute approximate surface area is 122 Å². The molecule has 0 aliphatic carbocycles. The van der Waals surface area contributed by atoms with Crippen LogP contribution in [0.25, 0.3) is 0 Å². The van der Waals surface area contributed by atoms with Crippen molar-refractivity contribution in [2.24, 2.45) is 0 Å². The van der Waals surface area contributed by atoms with E-state index in [2.05, 4.69) is 25.7 Å². The van der Waals surface area contributed by atoms with Crippen molar-refractivity contribution < 1.29 is 19.4 Å². The summed E-state index contributed by atoms with van der Waals surface area (Å²) >= 11 is 4.49. The Balaban J connectivity index is 2.00. The zero-order valence-corrected chi connectivity index (χ0v) is 12.3. The fourth-order valence-electron chi connectivity index (χ4n) is 1.41. The fraction of sp³-hybridized carbons (Fsp3) is 0.0769. The molecule has 0 saturated carbocycles. The molecule has 1 aromatic heterocycles. The molecule has 0 spiro atoms. The van der Waals surface area contributed by atoms with Crippen LogP contribution in [-0.2, 0) is 9.78 Å². The molecular formula is C13H9BrO4S. The van der Waals surface area contributed by atoms with Gasteiger partial charge in [-0.25, -0.2) is 19.4 Å². The third-order valence-electron chi connectivity index (χ3n) is 2.19. The van der Waals surface area contributed by atoms with Gasteiger partial charge >= 0.3 is 11.9 Å². The molecule has 0 saturated heterocycles. The lowest BCUT2D eigenvalue weighted by Gasteiger charge is -2.03. The molecule has 0 unspecified atom stereocenters. The van der Waals surface area contributed by atoms with Gasteiger partial charge in [0.2, 0.25) is 0 Å². The van der Waals surface area contributed by atoms with Crippen molar-refractivity contribution in [2.45, 2.75) is 6.92 Å². The molecule has 1 heterocycles. The summed E-state index contributed by atoms with van der Waals surface area (Å²) in [6.45, 7) is 1.85. The Hall–Kier alpha value is -1.66. The lowest BCUT2D eigenvalue weighted by Crippen LogP contribution is -2.11. The SMILES string of the molecule is Cc1cc(Br)cc(C(=O)OOC(=O)c2cccs2)c1. The maximum Gasteiger partial charge on any atom is 0.396 e. The molecule has 6 heteroatoms. The van der Waals surface area contributed by atoms with Crippen molar-refractivity contribution in [3.63, 3.8) is 0 Å². The minimum absolute atomic E-state index is 0.311. The number of thiophene rings is 1.